The van der Waals surface area contributed by atoms with Gasteiger partial charge in [0, 0.05) is 137 Å². The van der Waals surface area contributed by atoms with Crippen molar-refractivity contribution in [2.24, 2.45) is 5.92 Å². The van der Waals surface area contributed by atoms with Gasteiger partial charge >= 0.3 is 0 Å². The van der Waals surface area contributed by atoms with Gasteiger partial charge in [0.15, 0.2) is 28.9 Å². The maximum Gasteiger partial charge on any atom is 0.182 e. The minimum absolute atomic E-state index is 0.0400. The van der Waals surface area contributed by atoms with Crippen LogP contribution < -0.4 is 0 Å². The molecule has 520 valence electrons. The van der Waals surface area contributed by atoms with E-state index in [-0.39, 0.29) is 34.8 Å². The predicted molar refractivity (Wildman–Crippen MR) is 396 cm³/mol. The predicted octanol–water partition coefficient (Wildman–Crippen LogP) is 13.1. The van der Waals surface area contributed by atoms with Crippen LogP contribution in [0.15, 0.2) is 141 Å². The van der Waals surface area contributed by atoms with Crippen LogP contribution in [0.2, 0.25) is 0 Å². The fourth-order valence-electron chi connectivity index (χ4n) is 11.6. The van der Waals surface area contributed by atoms with E-state index in [0.717, 1.165) is 150 Å². The largest absolute Gasteiger partial charge is 0.379 e. The highest BCUT2D eigenvalue weighted by atomic mass is 32.2. The van der Waals surface area contributed by atoms with Gasteiger partial charge in [-0.25, -0.2) is 0 Å². The van der Waals surface area contributed by atoms with Crippen LogP contribution in [0, 0.1) is 5.92 Å². The van der Waals surface area contributed by atoms with E-state index >= 15 is 0 Å². The lowest BCUT2D eigenvalue weighted by atomic mass is 9.90. The Bertz CT molecular complexity index is 3020. The second-order valence-electron chi connectivity index (χ2n) is 25.4. The van der Waals surface area contributed by atoms with Crippen LogP contribution in [0.1, 0.15) is 119 Å². The van der Waals surface area contributed by atoms with E-state index < -0.39 is 16.6 Å². The summed E-state index contributed by atoms with van der Waals surface area (Å²) in [6.45, 7) is 32.1. The van der Waals surface area contributed by atoms with Gasteiger partial charge in [-0.05, 0) is 134 Å². The summed E-state index contributed by atoms with van der Waals surface area (Å²) in [5, 5.41) is 0. The highest BCUT2D eigenvalue weighted by Gasteiger charge is 2.38. The minimum atomic E-state index is -0.480. The Balaban J connectivity index is 0.000000188. The number of Topliss-reactive ketones (excluding diaryl/α,β-unsaturated/α-hetero) is 5. The summed E-state index contributed by atoms with van der Waals surface area (Å²) in [7, 11) is 0. The average molecular weight is 1400 g/mol. The Hall–Kier alpha value is -4.20. The maximum absolute atomic E-state index is 12.7. The number of hydrogen-bond donors (Lipinski definition) is 1. The van der Waals surface area contributed by atoms with Crippen molar-refractivity contribution in [2.75, 3.05) is 170 Å². The Kier molecular flexibility index (Phi) is 34.8. The molecule has 95 heavy (non-hydrogen) atoms. The molecule has 1 atom stereocenters. The van der Waals surface area contributed by atoms with Gasteiger partial charge in [0.05, 0.1) is 82.7 Å². The van der Waals surface area contributed by atoms with Crippen LogP contribution >= 0.6 is 59.7 Å². The Morgan fingerprint density at radius 1 is 0.421 bits per heavy atom. The maximum atomic E-state index is 12.7. The smallest absolute Gasteiger partial charge is 0.182 e. The first kappa shape index (κ1) is 79.8. The molecule has 10 rings (SSSR count). The number of carbonyl (C=O) groups excluding carboxylic acids is 5. The Morgan fingerprint density at radius 2 is 0.758 bits per heavy atom. The third-order valence-electron chi connectivity index (χ3n) is 18.0. The molecule has 0 aromatic heterocycles. The lowest BCUT2D eigenvalue weighted by molar-refractivity contribution is -0.00443. The average Bonchev–Trinajstić information content (AvgIpc) is 0.841. The molecule has 5 aliphatic rings. The summed E-state index contributed by atoms with van der Waals surface area (Å²) in [5.74, 6) is 1.76. The molecule has 0 amide bonds. The normalized spacial score (nSPS) is 17.4. The van der Waals surface area contributed by atoms with E-state index in [2.05, 4.69) is 37.1 Å². The molecule has 20 heteroatoms. The van der Waals surface area contributed by atoms with Crippen LogP contribution in [-0.4, -0.2) is 240 Å². The molecule has 5 aromatic carbocycles. The highest BCUT2D eigenvalue weighted by molar-refractivity contribution is 7.99. The molecule has 15 nitrogen and oxygen atoms in total. The molecule has 0 bridgehead atoms. The van der Waals surface area contributed by atoms with Crippen molar-refractivity contribution in [1.29, 1.82) is 0 Å². The van der Waals surface area contributed by atoms with Gasteiger partial charge in [-0.2, -0.15) is 12.6 Å². The van der Waals surface area contributed by atoms with Crippen molar-refractivity contribution in [3.8, 4) is 0 Å². The number of thiol groups is 1. The lowest BCUT2D eigenvalue weighted by Gasteiger charge is -2.39. The topological polar surface area (TPSA) is 148 Å². The van der Waals surface area contributed by atoms with Crippen LogP contribution in [0.25, 0.3) is 0 Å². The second kappa shape index (κ2) is 41.4. The molecule has 5 heterocycles. The Labute approximate surface area is 590 Å². The van der Waals surface area contributed by atoms with Gasteiger partial charge < -0.3 is 23.7 Å². The number of hydrogen-bond acceptors (Lipinski definition) is 20. The number of morpholine rings is 5. The van der Waals surface area contributed by atoms with Gasteiger partial charge in [-0.1, -0.05) is 79.7 Å². The van der Waals surface area contributed by atoms with Gasteiger partial charge in [-0.15, -0.1) is 47.0 Å². The van der Waals surface area contributed by atoms with Crippen molar-refractivity contribution in [2.45, 2.75) is 103 Å². The van der Waals surface area contributed by atoms with Crippen molar-refractivity contribution >= 4 is 88.6 Å². The number of thioether (sulfide) groups is 4. The van der Waals surface area contributed by atoms with E-state index in [1.807, 2.05) is 195 Å². The van der Waals surface area contributed by atoms with Gasteiger partial charge in [-0.3, -0.25) is 48.5 Å². The fourth-order valence-corrected chi connectivity index (χ4v) is 13.5. The molecule has 0 radical (unpaired) electrons. The first-order valence-electron chi connectivity index (χ1n) is 33.2. The Morgan fingerprint density at radius 3 is 1.14 bits per heavy atom. The first-order chi connectivity index (χ1) is 45.7. The van der Waals surface area contributed by atoms with E-state index in [1.54, 1.807) is 47.0 Å². The number of nitrogens with zero attached hydrogens (tertiary/aromatic N) is 5. The van der Waals surface area contributed by atoms with Crippen molar-refractivity contribution < 1.29 is 47.7 Å². The van der Waals surface area contributed by atoms with Crippen molar-refractivity contribution in [3.63, 3.8) is 0 Å². The fraction of sp³-hybridized carbons (Fsp3) is 0.533. The van der Waals surface area contributed by atoms with Crippen LogP contribution in [0.5, 0.6) is 0 Å². The molecule has 0 saturated carbocycles. The first-order valence-corrected chi connectivity index (χ1v) is 38.8. The quantitative estimate of drug-likeness (QED) is 0.0375. The zero-order valence-corrected chi connectivity index (χ0v) is 62.4. The number of rotatable bonds is 23. The molecule has 1 unspecified atom stereocenters. The van der Waals surface area contributed by atoms with Crippen LogP contribution in [0.3, 0.4) is 0 Å². The van der Waals surface area contributed by atoms with Gasteiger partial charge in [0.25, 0.3) is 0 Å². The summed E-state index contributed by atoms with van der Waals surface area (Å²) in [4.78, 5) is 78.5. The lowest BCUT2D eigenvalue weighted by Crippen LogP contribution is -2.54. The third kappa shape index (κ3) is 25.2. The molecule has 0 N–H and O–H groups in total. The van der Waals surface area contributed by atoms with Crippen molar-refractivity contribution in [1.82, 2.24) is 24.5 Å². The molecule has 5 fully saturated rings. The summed E-state index contributed by atoms with van der Waals surface area (Å²) < 4.78 is 26.7. The zero-order valence-electron chi connectivity index (χ0n) is 58.2. The van der Waals surface area contributed by atoms with Crippen LogP contribution in [0.4, 0.5) is 0 Å². The molecule has 0 aliphatic carbocycles. The summed E-state index contributed by atoms with van der Waals surface area (Å²) in [6, 6.07) is 39.3. The number of ether oxygens (including phenoxy) is 5. The molecule has 0 spiro atoms. The van der Waals surface area contributed by atoms with E-state index in [1.165, 1.54) is 14.7 Å². The summed E-state index contributed by atoms with van der Waals surface area (Å²) in [6.07, 6.45) is 9.71. The number of ketones is 5. The molecule has 5 saturated heterocycles. The molecular formula is C75H105N5O10S5. The van der Waals surface area contributed by atoms with E-state index in [4.69, 9.17) is 23.7 Å². The summed E-state index contributed by atoms with van der Waals surface area (Å²) >= 11 is 11.0. The standard InChI is InChI=1S/5C15H21NO2S/c1-15(2,16-8-10-18-11-9-16)14(17)12-4-6-13(19-3)7-5-12;1-15(2,16-7-9-18-10-8-16)14(17)12-5-4-6-13(11-12)19-3;1-15(2,16-7-9-18-10-8-16)14(17)13-5-3-12(11-19)4-6-13;1-12(11-16-7-9-18-10-8-16)15(17)13-3-5-14(19-2)6-4-13;1-19-14-6-4-13(5-7-14)15(17)3-2-8-16-9-11-18-12-10-16/h4-7H,8-11H2,1-3H3;4-6,11H,7-10H2,1-3H3;3-6,19H,7-11H2,1-2H3;3-6,12H,7-11H2,1-2H3;4-7H,2-3,8-12H2,1H3. The molecule has 5 aromatic rings. The minimum Gasteiger partial charge on any atom is -0.379 e. The highest BCUT2D eigenvalue weighted by Crippen LogP contribution is 2.28. The monoisotopic (exact) mass is 1400 g/mol. The molecular weight excluding hydrogens is 1290 g/mol. The zero-order chi connectivity index (χ0) is 68.8. The second-order valence-corrected chi connectivity index (χ2v) is 29.2. The number of benzene rings is 5. The van der Waals surface area contributed by atoms with Crippen LogP contribution in [-0.2, 0) is 29.4 Å². The van der Waals surface area contributed by atoms with Crippen molar-refractivity contribution in [3.05, 3.63) is 155 Å². The number of carbonyl (C=O) groups is 5. The SMILES string of the molecule is CC(C)(C(=O)c1ccc(CS)cc1)N1CCOCC1.CSc1ccc(C(=O)C(C)(C)N2CCOCC2)cc1.CSc1ccc(C(=O)C(C)CN2CCOCC2)cc1.CSc1ccc(C(=O)CCCN2CCOCC2)cc1.CSc1cccc(C(=O)C(C)(C)N2CCOCC2)c1. The third-order valence-corrected chi connectivity index (χ3v) is 21.3. The van der Waals surface area contributed by atoms with E-state index in [0.29, 0.717) is 51.8 Å². The van der Waals surface area contributed by atoms with Gasteiger partial charge in [0.2, 0.25) is 0 Å². The van der Waals surface area contributed by atoms with E-state index in [9.17, 15) is 24.0 Å². The van der Waals surface area contributed by atoms with Gasteiger partial charge in [0.1, 0.15) is 0 Å². The molecule has 5 aliphatic heterocycles. The summed E-state index contributed by atoms with van der Waals surface area (Å²) in [5.41, 5.74) is 3.71.